The number of carbonyl (C=O) groups is 2. The average molecular weight is 195 g/mol. The third-order valence-electron chi connectivity index (χ3n) is 3.81. The molecule has 0 spiro atoms. The van der Waals surface area contributed by atoms with Crippen LogP contribution in [0.5, 0.6) is 0 Å². The molecule has 2 fully saturated rings. The molecule has 3 heteroatoms. The lowest BCUT2D eigenvalue weighted by molar-refractivity contribution is -0.130. The molecule has 1 N–H and O–H groups in total. The topological polar surface area (TPSA) is 46.2 Å². The van der Waals surface area contributed by atoms with Gasteiger partial charge in [0, 0.05) is 6.42 Å². The maximum Gasteiger partial charge on any atom is 0.233 e. The van der Waals surface area contributed by atoms with Crippen LogP contribution in [0, 0.1) is 11.3 Å². The normalized spacial score (nSPS) is 34.6. The highest BCUT2D eigenvalue weighted by Gasteiger charge is 2.47. The van der Waals surface area contributed by atoms with Crippen LogP contribution in [0.3, 0.4) is 0 Å². The minimum atomic E-state index is -0.405. The molecule has 1 heterocycles. The number of amides is 2. The van der Waals surface area contributed by atoms with Gasteiger partial charge in [-0.1, -0.05) is 19.3 Å². The molecule has 0 bridgehead atoms. The number of hydrogen-bond donors (Lipinski definition) is 1. The van der Waals surface area contributed by atoms with Gasteiger partial charge in [0.25, 0.3) is 0 Å². The second kappa shape index (κ2) is 3.37. The number of hydrogen-bond acceptors (Lipinski definition) is 2. The van der Waals surface area contributed by atoms with E-state index >= 15 is 0 Å². The lowest BCUT2D eigenvalue weighted by atomic mass is 9.69. The van der Waals surface area contributed by atoms with Gasteiger partial charge in [0.1, 0.15) is 0 Å². The van der Waals surface area contributed by atoms with Crippen LogP contribution in [0.2, 0.25) is 0 Å². The third kappa shape index (κ3) is 1.45. The maximum absolute atomic E-state index is 11.7. The van der Waals surface area contributed by atoms with Crippen LogP contribution >= 0.6 is 0 Å². The van der Waals surface area contributed by atoms with Crippen LogP contribution in [0.1, 0.15) is 45.4 Å². The van der Waals surface area contributed by atoms with E-state index in [1.807, 2.05) is 6.92 Å². The summed E-state index contributed by atoms with van der Waals surface area (Å²) in [5, 5.41) is 2.43. The first-order chi connectivity index (χ1) is 6.63. The van der Waals surface area contributed by atoms with Gasteiger partial charge in [-0.3, -0.25) is 14.9 Å². The molecule has 0 aromatic carbocycles. The number of imide groups is 1. The van der Waals surface area contributed by atoms with Crippen molar-refractivity contribution in [3.8, 4) is 0 Å². The van der Waals surface area contributed by atoms with Crippen LogP contribution in [-0.2, 0) is 9.59 Å². The summed E-state index contributed by atoms with van der Waals surface area (Å²) in [5.74, 6) is 0.278. The quantitative estimate of drug-likeness (QED) is 0.646. The van der Waals surface area contributed by atoms with E-state index in [0.29, 0.717) is 12.3 Å². The van der Waals surface area contributed by atoms with Crippen LogP contribution < -0.4 is 5.32 Å². The van der Waals surface area contributed by atoms with E-state index in [1.54, 1.807) is 0 Å². The van der Waals surface area contributed by atoms with E-state index in [-0.39, 0.29) is 11.8 Å². The Morgan fingerprint density at radius 3 is 2.36 bits per heavy atom. The Labute approximate surface area is 84.2 Å². The molecule has 0 radical (unpaired) electrons. The average Bonchev–Trinajstić information content (AvgIpc) is 2.43. The molecule has 1 unspecified atom stereocenters. The van der Waals surface area contributed by atoms with E-state index < -0.39 is 5.41 Å². The highest BCUT2D eigenvalue weighted by molar-refractivity contribution is 6.05. The minimum Gasteiger partial charge on any atom is -0.296 e. The molecule has 1 saturated carbocycles. The molecule has 2 aliphatic rings. The van der Waals surface area contributed by atoms with E-state index in [9.17, 15) is 9.59 Å². The van der Waals surface area contributed by atoms with Crippen LogP contribution in [0.25, 0.3) is 0 Å². The molecule has 78 valence electrons. The van der Waals surface area contributed by atoms with Gasteiger partial charge in [-0.05, 0) is 25.7 Å². The van der Waals surface area contributed by atoms with E-state index in [4.69, 9.17) is 0 Å². The van der Waals surface area contributed by atoms with Crippen molar-refractivity contribution in [3.63, 3.8) is 0 Å². The van der Waals surface area contributed by atoms with Gasteiger partial charge in [0.2, 0.25) is 11.8 Å². The fraction of sp³-hybridized carbons (Fsp3) is 0.818. The molecule has 0 aromatic rings. The SMILES string of the molecule is CC1(C2CCCCC2)CC(=O)NC1=O. The molecule has 2 amide bonds. The van der Waals surface area contributed by atoms with Crippen molar-refractivity contribution in [2.75, 3.05) is 0 Å². The number of rotatable bonds is 1. The predicted molar refractivity (Wildman–Crippen MR) is 52.4 cm³/mol. The molecule has 1 saturated heterocycles. The van der Waals surface area contributed by atoms with Crippen LogP contribution in [-0.4, -0.2) is 11.8 Å². The molecular weight excluding hydrogens is 178 g/mol. The summed E-state index contributed by atoms with van der Waals surface area (Å²) in [6, 6.07) is 0. The summed E-state index contributed by atoms with van der Waals surface area (Å²) in [5.41, 5.74) is -0.405. The van der Waals surface area contributed by atoms with Crippen LogP contribution in [0.15, 0.2) is 0 Å². The van der Waals surface area contributed by atoms with E-state index in [2.05, 4.69) is 5.32 Å². The Kier molecular flexibility index (Phi) is 2.33. The molecule has 0 aromatic heterocycles. The van der Waals surface area contributed by atoms with Gasteiger partial charge >= 0.3 is 0 Å². The van der Waals surface area contributed by atoms with E-state index in [1.165, 1.54) is 19.3 Å². The lowest BCUT2D eigenvalue weighted by Crippen LogP contribution is -2.36. The second-order valence-corrected chi connectivity index (χ2v) is 4.81. The number of carbonyl (C=O) groups excluding carboxylic acids is 2. The molecule has 1 atom stereocenters. The summed E-state index contributed by atoms with van der Waals surface area (Å²) in [7, 11) is 0. The largest absolute Gasteiger partial charge is 0.296 e. The number of nitrogens with one attached hydrogen (secondary N) is 1. The molecule has 1 aliphatic heterocycles. The van der Waals surface area contributed by atoms with Crippen molar-refractivity contribution >= 4 is 11.8 Å². The van der Waals surface area contributed by atoms with Crippen molar-refractivity contribution < 1.29 is 9.59 Å². The molecule has 2 rings (SSSR count). The summed E-state index contributed by atoms with van der Waals surface area (Å²) >= 11 is 0. The smallest absolute Gasteiger partial charge is 0.233 e. The molecule has 14 heavy (non-hydrogen) atoms. The fourth-order valence-corrected chi connectivity index (χ4v) is 2.80. The van der Waals surface area contributed by atoms with Gasteiger partial charge in [-0.25, -0.2) is 0 Å². The highest BCUT2D eigenvalue weighted by Crippen LogP contribution is 2.43. The summed E-state index contributed by atoms with van der Waals surface area (Å²) < 4.78 is 0. The Balaban J connectivity index is 2.14. The zero-order valence-corrected chi connectivity index (χ0v) is 8.64. The lowest BCUT2D eigenvalue weighted by Gasteiger charge is -2.33. The van der Waals surface area contributed by atoms with Crippen LogP contribution in [0.4, 0.5) is 0 Å². The monoisotopic (exact) mass is 195 g/mol. The van der Waals surface area contributed by atoms with Crippen molar-refractivity contribution in [2.45, 2.75) is 45.4 Å². The molecule has 3 nitrogen and oxygen atoms in total. The maximum atomic E-state index is 11.7. The third-order valence-corrected chi connectivity index (χ3v) is 3.81. The first-order valence-corrected chi connectivity index (χ1v) is 5.47. The van der Waals surface area contributed by atoms with E-state index in [0.717, 1.165) is 12.8 Å². The highest BCUT2D eigenvalue weighted by atomic mass is 16.2. The minimum absolute atomic E-state index is 0.0469. The standard InChI is InChI=1S/C11H17NO2/c1-11(7-9(13)12-10(11)14)8-5-3-2-4-6-8/h8H,2-7H2,1H3,(H,12,13,14). The summed E-state index contributed by atoms with van der Waals surface area (Å²) in [6.07, 6.45) is 6.32. The van der Waals surface area contributed by atoms with Crippen molar-refractivity contribution in [3.05, 3.63) is 0 Å². The fourth-order valence-electron chi connectivity index (χ4n) is 2.80. The van der Waals surface area contributed by atoms with Crippen molar-refractivity contribution in [2.24, 2.45) is 11.3 Å². The summed E-state index contributed by atoms with van der Waals surface area (Å²) in [4.78, 5) is 22.9. The zero-order valence-electron chi connectivity index (χ0n) is 8.64. The summed E-state index contributed by atoms with van der Waals surface area (Å²) in [6.45, 7) is 1.95. The Hall–Kier alpha value is -0.860. The van der Waals surface area contributed by atoms with Gasteiger partial charge in [0.15, 0.2) is 0 Å². The van der Waals surface area contributed by atoms with Crippen molar-refractivity contribution in [1.29, 1.82) is 0 Å². The predicted octanol–water partition coefficient (Wildman–Crippen LogP) is 1.62. The Bertz CT molecular complexity index is 268. The molecular formula is C11H17NO2. The molecule has 1 aliphatic carbocycles. The first-order valence-electron chi connectivity index (χ1n) is 5.47. The Morgan fingerprint density at radius 1 is 1.21 bits per heavy atom. The van der Waals surface area contributed by atoms with Gasteiger partial charge in [-0.2, -0.15) is 0 Å². The van der Waals surface area contributed by atoms with Gasteiger partial charge < -0.3 is 0 Å². The van der Waals surface area contributed by atoms with Gasteiger partial charge in [-0.15, -0.1) is 0 Å². The van der Waals surface area contributed by atoms with Gasteiger partial charge in [0.05, 0.1) is 5.41 Å². The first kappa shape index (κ1) is 9.69. The zero-order chi connectivity index (χ0) is 10.2. The van der Waals surface area contributed by atoms with Crippen molar-refractivity contribution in [1.82, 2.24) is 5.32 Å². The second-order valence-electron chi connectivity index (χ2n) is 4.81. The Morgan fingerprint density at radius 2 is 1.86 bits per heavy atom.